The predicted octanol–water partition coefficient (Wildman–Crippen LogP) is 1.47. The number of nitrogens with zero attached hydrogens (tertiary/aromatic N) is 2. The molecule has 1 aromatic heterocycles. The predicted molar refractivity (Wildman–Crippen MR) is 71.5 cm³/mol. The van der Waals surface area contributed by atoms with E-state index >= 15 is 0 Å². The smallest absolute Gasteiger partial charge is 0.262 e. The highest BCUT2D eigenvalue weighted by Gasteiger charge is 2.16. The number of benzene rings is 1. The first-order valence-corrected chi connectivity index (χ1v) is 7.39. The first kappa shape index (κ1) is 14.8. The van der Waals surface area contributed by atoms with Crippen LogP contribution in [0, 0.1) is 5.82 Å². The molecule has 6 nitrogen and oxygen atoms in total. The molecule has 0 saturated carbocycles. The molecule has 0 bridgehead atoms. The Hall–Kier alpha value is -1.64. The van der Waals surface area contributed by atoms with Crippen LogP contribution >= 0.6 is 11.6 Å². The molecule has 2 aromatic rings. The number of rotatable bonds is 5. The van der Waals surface area contributed by atoms with Gasteiger partial charge in [0.2, 0.25) is 0 Å². The first-order valence-electron chi connectivity index (χ1n) is 5.53. The van der Waals surface area contributed by atoms with Gasteiger partial charge in [0.25, 0.3) is 10.0 Å². The third kappa shape index (κ3) is 3.27. The van der Waals surface area contributed by atoms with Crippen molar-refractivity contribution in [1.29, 1.82) is 0 Å². The topological polar surface area (TPSA) is 84.2 Å². The molecular formula is C11H11ClFN3O3S. The summed E-state index contributed by atoms with van der Waals surface area (Å²) in [5, 5.41) is 12.3. The SMILES string of the molecule is O=S(=O)(Nc1cnn(CCO)c1)c1ccc(F)c(Cl)c1. The van der Waals surface area contributed by atoms with Gasteiger partial charge in [-0.25, -0.2) is 12.8 Å². The van der Waals surface area contributed by atoms with Crippen LogP contribution in [0.25, 0.3) is 0 Å². The maximum atomic E-state index is 13.0. The number of sulfonamides is 1. The highest BCUT2D eigenvalue weighted by molar-refractivity contribution is 7.92. The van der Waals surface area contributed by atoms with Crippen molar-refractivity contribution in [2.45, 2.75) is 11.4 Å². The van der Waals surface area contributed by atoms with E-state index in [1.165, 1.54) is 17.1 Å². The van der Waals surface area contributed by atoms with E-state index in [1.54, 1.807) is 0 Å². The van der Waals surface area contributed by atoms with Crippen molar-refractivity contribution in [3.8, 4) is 0 Å². The van der Waals surface area contributed by atoms with Gasteiger partial charge in [0, 0.05) is 6.20 Å². The molecule has 0 spiro atoms. The summed E-state index contributed by atoms with van der Waals surface area (Å²) in [4.78, 5) is -0.154. The molecule has 9 heteroatoms. The number of halogens is 2. The van der Waals surface area contributed by atoms with Crippen LogP contribution in [-0.2, 0) is 16.6 Å². The minimum atomic E-state index is -3.87. The Bertz CT molecular complexity index is 717. The van der Waals surface area contributed by atoms with Crippen molar-refractivity contribution in [2.24, 2.45) is 0 Å². The zero-order valence-corrected chi connectivity index (χ0v) is 11.7. The molecule has 0 fully saturated rings. The summed E-state index contributed by atoms with van der Waals surface area (Å²) >= 11 is 5.56. The van der Waals surface area contributed by atoms with E-state index in [0.717, 1.165) is 18.2 Å². The van der Waals surface area contributed by atoms with Gasteiger partial charge in [0.05, 0.1) is 35.0 Å². The number of hydrogen-bond donors (Lipinski definition) is 2. The van der Waals surface area contributed by atoms with Crippen LogP contribution in [0.3, 0.4) is 0 Å². The van der Waals surface area contributed by atoms with Crippen molar-refractivity contribution < 1.29 is 17.9 Å². The minimum absolute atomic E-state index is 0.110. The molecular weight excluding hydrogens is 309 g/mol. The second-order valence-corrected chi connectivity index (χ2v) is 5.99. The van der Waals surface area contributed by atoms with Crippen molar-refractivity contribution in [2.75, 3.05) is 11.3 Å². The number of aliphatic hydroxyl groups is 1. The van der Waals surface area contributed by atoms with Gasteiger partial charge in [-0.1, -0.05) is 11.6 Å². The first-order chi connectivity index (χ1) is 9.42. The van der Waals surface area contributed by atoms with Crippen molar-refractivity contribution in [3.05, 3.63) is 41.4 Å². The fraction of sp³-hybridized carbons (Fsp3) is 0.182. The summed E-state index contributed by atoms with van der Waals surface area (Å²) in [7, 11) is -3.87. The van der Waals surface area contributed by atoms with Gasteiger partial charge >= 0.3 is 0 Å². The molecule has 0 aliphatic heterocycles. The van der Waals surface area contributed by atoms with Crippen LogP contribution in [0.5, 0.6) is 0 Å². The van der Waals surface area contributed by atoms with Crippen molar-refractivity contribution in [1.82, 2.24) is 9.78 Å². The molecule has 0 atom stereocenters. The van der Waals surface area contributed by atoms with Crippen LogP contribution in [0.15, 0.2) is 35.5 Å². The van der Waals surface area contributed by atoms with Gasteiger partial charge in [0.15, 0.2) is 0 Å². The average molecular weight is 320 g/mol. The molecule has 108 valence electrons. The Morgan fingerprint density at radius 3 is 2.85 bits per heavy atom. The highest BCUT2D eigenvalue weighted by Crippen LogP contribution is 2.21. The standard InChI is InChI=1S/C11H11ClFN3O3S/c12-10-5-9(1-2-11(10)13)20(18,19)15-8-6-14-16(7-8)3-4-17/h1-2,5-7,15,17H,3-4H2. The van der Waals surface area contributed by atoms with Crippen molar-refractivity contribution in [3.63, 3.8) is 0 Å². The van der Waals surface area contributed by atoms with Crippen LogP contribution in [0.2, 0.25) is 5.02 Å². The Balaban J connectivity index is 2.23. The summed E-state index contributed by atoms with van der Waals surface area (Å²) in [6.45, 7) is 0.144. The zero-order valence-electron chi connectivity index (χ0n) is 10.1. The fourth-order valence-electron chi connectivity index (χ4n) is 1.50. The van der Waals surface area contributed by atoms with Gasteiger partial charge in [-0.05, 0) is 18.2 Å². The molecule has 0 unspecified atom stereocenters. The summed E-state index contributed by atoms with van der Waals surface area (Å²) < 4.78 is 40.8. The Morgan fingerprint density at radius 2 is 2.20 bits per heavy atom. The van der Waals surface area contributed by atoms with Crippen LogP contribution < -0.4 is 4.72 Å². The molecule has 0 amide bonds. The van der Waals surface area contributed by atoms with Crippen molar-refractivity contribution >= 4 is 27.3 Å². The number of anilines is 1. The van der Waals surface area contributed by atoms with Crippen LogP contribution in [0.1, 0.15) is 0 Å². The molecule has 20 heavy (non-hydrogen) atoms. The second-order valence-electron chi connectivity index (χ2n) is 3.90. The lowest BCUT2D eigenvalue weighted by Gasteiger charge is -2.06. The van der Waals surface area contributed by atoms with Crippen LogP contribution in [0.4, 0.5) is 10.1 Å². The zero-order chi connectivity index (χ0) is 14.8. The summed E-state index contributed by atoms with van der Waals surface area (Å²) in [6, 6.07) is 3.12. The maximum absolute atomic E-state index is 13.0. The Labute approximate surface area is 119 Å². The quantitative estimate of drug-likeness (QED) is 0.874. The van der Waals surface area contributed by atoms with Crippen LogP contribution in [-0.4, -0.2) is 29.9 Å². The van der Waals surface area contributed by atoms with E-state index in [2.05, 4.69) is 9.82 Å². The molecule has 0 aliphatic carbocycles. The third-order valence-corrected chi connectivity index (χ3v) is 4.08. The largest absolute Gasteiger partial charge is 0.394 e. The lowest BCUT2D eigenvalue weighted by Crippen LogP contribution is -2.12. The van der Waals surface area contributed by atoms with Gasteiger partial charge < -0.3 is 5.11 Å². The molecule has 0 radical (unpaired) electrons. The summed E-state index contributed by atoms with van der Waals surface area (Å²) in [6.07, 6.45) is 2.73. The summed E-state index contributed by atoms with van der Waals surface area (Å²) in [5.74, 6) is -0.693. The van der Waals surface area contributed by atoms with Gasteiger partial charge in [0.1, 0.15) is 5.82 Å². The van der Waals surface area contributed by atoms with E-state index in [9.17, 15) is 12.8 Å². The average Bonchev–Trinajstić information content (AvgIpc) is 2.79. The monoisotopic (exact) mass is 319 g/mol. The molecule has 1 heterocycles. The maximum Gasteiger partial charge on any atom is 0.262 e. The number of aromatic nitrogens is 2. The lowest BCUT2D eigenvalue weighted by atomic mass is 10.3. The minimum Gasteiger partial charge on any atom is -0.394 e. The third-order valence-electron chi connectivity index (χ3n) is 2.42. The number of aliphatic hydroxyl groups excluding tert-OH is 1. The summed E-state index contributed by atoms with van der Waals surface area (Å²) in [5.41, 5.74) is 0.235. The van der Waals surface area contributed by atoms with E-state index in [4.69, 9.17) is 16.7 Å². The highest BCUT2D eigenvalue weighted by atomic mass is 35.5. The molecule has 0 saturated heterocycles. The van der Waals surface area contributed by atoms with Gasteiger partial charge in [-0.3, -0.25) is 9.40 Å². The van der Waals surface area contributed by atoms with Gasteiger partial charge in [-0.15, -0.1) is 0 Å². The molecule has 0 aliphatic rings. The molecule has 2 rings (SSSR count). The number of nitrogens with one attached hydrogen (secondary N) is 1. The van der Waals surface area contributed by atoms with E-state index in [0.29, 0.717) is 0 Å². The lowest BCUT2D eigenvalue weighted by molar-refractivity contribution is 0.269. The van der Waals surface area contributed by atoms with E-state index in [-0.39, 0.29) is 28.8 Å². The molecule has 1 aromatic carbocycles. The van der Waals surface area contributed by atoms with E-state index < -0.39 is 15.8 Å². The van der Waals surface area contributed by atoms with E-state index in [1.807, 2.05) is 0 Å². The second kappa shape index (κ2) is 5.78. The fourth-order valence-corrected chi connectivity index (χ4v) is 2.80. The Morgan fingerprint density at radius 1 is 1.45 bits per heavy atom. The van der Waals surface area contributed by atoms with Gasteiger partial charge in [-0.2, -0.15) is 5.10 Å². The molecule has 2 N–H and O–H groups in total. The number of hydrogen-bond acceptors (Lipinski definition) is 4. The Kier molecular flexibility index (Phi) is 4.26. The normalized spacial score (nSPS) is 11.6.